The molecule has 9 heteroatoms. The highest BCUT2D eigenvalue weighted by Crippen LogP contribution is 2.27. The molecule has 0 aliphatic rings. The number of ether oxygens (including phenoxy) is 1. The molecule has 3 aromatic rings. The first-order chi connectivity index (χ1) is 14.2. The molecule has 0 aliphatic heterocycles. The Morgan fingerprint density at radius 2 is 1.80 bits per heavy atom. The summed E-state index contributed by atoms with van der Waals surface area (Å²) in [6, 6.07) is 9.81. The van der Waals surface area contributed by atoms with Gasteiger partial charge in [-0.25, -0.2) is 18.6 Å². The largest absolute Gasteiger partial charge is 0.478 e. The number of hydrogen-bond donors (Lipinski definition) is 2. The lowest BCUT2D eigenvalue weighted by molar-refractivity contribution is 0.0696. The van der Waals surface area contributed by atoms with Crippen LogP contribution in [0.5, 0.6) is 11.6 Å². The quantitative estimate of drug-likeness (QED) is 0.572. The molecule has 2 aromatic carbocycles. The Morgan fingerprint density at radius 1 is 1.10 bits per heavy atom. The number of amides is 1. The van der Waals surface area contributed by atoms with Gasteiger partial charge in [0, 0.05) is 12.3 Å². The summed E-state index contributed by atoms with van der Waals surface area (Å²) in [4.78, 5) is 27.7. The third-order valence-corrected chi connectivity index (χ3v) is 4.38. The van der Waals surface area contributed by atoms with Crippen molar-refractivity contribution in [3.05, 3.63) is 88.1 Å². The number of nitrogens with zero attached hydrogens (tertiary/aromatic N) is 1. The van der Waals surface area contributed by atoms with Gasteiger partial charge in [0.15, 0.2) is 11.6 Å². The molecule has 0 bridgehead atoms. The number of halogens is 3. The van der Waals surface area contributed by atoms with E-state index in [2.05, 4.69) is 10.3 Å². The van der Waals surface area contributed by atoms with E-state index in [-0.39, 0.29) is 27.8 Å². The number of benzene rings is 2. The van der Waals surface area contributed by atoms with Crippen LogP contribution in [0.25, 0.3) is 0 Å². The van der Waals surface area contributed by atoms with Crippen molar-refractivity contribution in [2.75, 3.05) is 0 Å². The molecule has 0 saturated carbocycles. The third-order valence-electron chi connectivity index (χ3n) is 4.17. The minimum absolute atomic E-state index is 0.0127. The Morgan fingerprint density at radius 3 is 2.43 bits per heavy atom. The lowest BCUT2D eigenvalue weighted by Gasteiger charge is -2.16. The Hall–Kier alpha value is -3.52. The van der Waals surface area contributed by atoms with Crippen molar-refractivity contribution < 1.29 is 28.2 Å². The van der Waals surface area contributed by atoms with E-state index in [4.69, 9.17) is 21.4 Å². The zero-order valence-corrected chi connectivity index (χ0v) is 16.3. The predicted molar refractivity (Wildman–Crippen MR) is 105 cm³/mol. The van der Waals surface area contributed by atoms with Gasteiger partial charge in [0.1, 0.15) is 11.3 Å². The van der Waals surface area contributed by atoms with Crippen LogP contribution in [0.2, 0.25) is 5.02 Å². The number of aromatic nitrogens is 1. The number of carbonyl (C=O) groups is 2. The first-order valence-corrected chi connectivity index (χ1v) is 9.05. The number of aromatic carboxylic acids is 1. The van der Waals surface area contributed by atoms with Gasteiger partial charge in [0.05, 0.1) is 16.6 Å². The van der Waals surface area contributed by atoms with E-state index < -0.39 is 29.6 Å². The van der Waals surface area contributed by atoms with Crippen molar-refractivity contribution in [1.29, 1.82) is 0 Å². The molecule has 0 aliphatic carbocycles. The standard InChI is InChI=1S/C21H15ClF2N2O4/c1-11(12-2-4-13(5-3-12)21(28)29)26-19(27)16-8-14(22)10-25-20(16)30-15-6-7-17(23)18(24)9-15/h2-11H,1H3,(H,26,27)(H,28,29). The van der Waals surface area contributed by atoms with Gasteiger partial charge in [0.2, 0.25) is 5.88 Å². The topological polar surface area (TPSA) is 88.5 Å². The third kappa shape index (κ3) is 4.90. The van der Waals surface area contributed by atoms with Gasteiger partial charge in [0.25, 0.3) is 5.91 Å². The Labute approximate surface area is 175 Å². The van der Waals surface area contributed by atoms with Crippen LogP contribution in [0.15, 0.2) is 54.7 Å². The summed E-state index contributed by atoms with van der Waals surface area (Å²) in [6.45, 7) is 1.71. The summed E-state index contributed by atoms with van der Waals surface area (Å²) in [5.74, 6) is -3.95. The molecular formula is C21H15ClF2N2O4. The highest BCUT2D eigenvalue weighted by Gasteiger charge is 2.19. The first kappa shape index (κ1) is 21.2. The van der Waals surface area contributed by atoms with E-state index in [0.29, 0.717) is 5.56 Å². The number of nitrogens with one attached hydrogen (secondary N) is 1. The number of carboxylic acids is 1. The zero-order valence-electron chi connectivity index (χ0n) is 15.5. The molecule has 1 heterocycles. The molecule has 1 atom stereocenters. The van der Waals surface area contributed by atoms with Crippen molar-refractivity contribution in [3.63, 3.8) is 0 Å². The molecule has 0 fully saturated rings. The van der Waals surface area contributed by atoms with E-state index >= 15 is 0 Å². The maximum atomic E-state index is 13.4. The van der Waals surface area contributed by atoms with Crippen LogP contribution in [0.4, 0.5) is 8.78 Å². The van der Waals surface area contributed by atoms with Gasteiger partial charge >= 0.3 is 5.97 Å². The normalized spacial score (nSPS) is 11.6. The minimum Gasteiger partial charge on any atom is -0.478 e. The smallest absolute Gasteiger partial charge is 0.335 e. The molecule has 1 amide bonds. The molecule has 0 radical (unpaired) electrons. The highest BCUT2D eigenvalue weighted by molar-refractivity contribution is 6.30. The van der Waals surface area contributed by atoms with Gasteiger partial charge in [-0.3, -0.25) is 4.79 Å². The lowest BCUT2D eigenvalue weighted by atomic mass is 10.1. The fourth-order valence-corrected chi connectivity index (χ4v) is 2.75. The Bertz CT molecular complexity index is 1110. The maximum absolute atomic E-state index is 13.4. The number of rotatable bonds is 6. The van der Waals surface area contributed by atoms with Crippen molar-refractivity contribution in [1.82, 2.24) is 10.3 Å². The van der Waals surface area contributed by atoms with Gasteiger partial charge in [-0.15, -0.1) is 0 Å². The summed E-state index contributed by atoms with van der Waals surface area (Å²) in [5, 5.41) is 11.9. The Balaban J connectivity index is 1.81. The van der Waals surface area contributed by atoms with Crippen LogP contribution in [-0.4, -0.2) is 22.0 Å². The van der Waals surface area contributed by atoms with E-state index in [0.717, 1.165) is 12.1 Å². The van der Waals surface area contributed by atoms with Crippen LogP contribution in [0.1, 0.15) is 39.2 Å². The summed E-state index contributed by atoms with van der Waals surface area (Å²) in [6.07, 6.45) is 1.25. The SMILES string of the molecule is CC(NC(=O)c1cc(Cl)cnc1Oc1ccc(F)c(F)c1)c1ccc(C(=O)O)cc1. The molecule has 1 aromatic heterocycles. The highest BCUT2D eigenvalue weighted by atomic mass is 35.5. The van der Waals surface area contributed by atoms with Gasteiger partial charge in [-0.2, -0.15) is 0 Å². The van der Waals surface area contributed by atoms with E-state index in [1.807, 2.05) is 0 Å². The van der Waals surface area contributed by atoms with Crippen molar-refractivity contribution in [3.8, 4) is 11.6 Å². The van der Waals surface area contributed by atoms with Crippen LogP contribution >= 0.6 is 11.6 Å². The monoisotopic (exact) mass is 432 g/mol. The Kier molecular flexibility index (Phi) is 6.27. The van der Waals surface area contributed by atoms with Gasteiger partial charge in [-0.1, -0.05) is 23.7 Å². The molecule has 30 heavy (non-hydrogen) atoms. The van der Waals surface area contributed by atoms with Crippen molar-refractivity contribution in [2.45, 2.75) is 13.0 Å². The minimum atomic E-state index is -1.11. The molecule has 6 nitrogen and oxygen atoms in total. The lowest BCUT2D eigenvalue weighted by Crippen LogP contribution is -2.27. The molecular weight excluding hydrogens is 418 g/mol. The predicted octanol–water partition coefficient (Wildman–Crippen LogP) is 4.99. The summed E-state index contributed by atoms with van der Waals surface area (Å²) < 4.78 is 32.0. The second-order valence-electron chi connectivity index (χ2n) is 6.31. The first-order valence-electron chi connectivity index (χ1n) is 8.67. The van der Waals surface area contributed by atoms with Crippen LogP contribution in [0.3, 0.4) is 0 Å². The summed E-state index contributed by atoms with van der Waals surface area (Å²) in [5.41, 5.74) is 0.784. The van der Waals surface area contributed by atoms with Crippen LogP contribution in [-0.2, 0) is 0 Å². The fourth-order valence-electron chi connectivity index (χ4n) is 2.59. The number of hydrogen-bond acceptors (Lipinski definition) is 4. The average Bonchev–Trinajstić information content (AvgIpc) is 2.72. The molecule has 0 spiro atoms. The molecule has 154 valence electrons. The second-order valence-corrected chi connectivity index (χ2v) is 6.74. The van der Waals surface area contributed by atoms with E-state index in [1.54, 1.807) is 19.1 Å². The van der Waals surface area contributed by atoms with Crippen molar-refractivity contribution in [2.24, 2.45) is 0 Å². The fraction of sp³-hybridized carbons (Fsp3) is 0.0952. The average molecular weight is 433 g/mol. The number of carbonyl (C=O) groups excluding carboxylic acids is 1. The van der Waals surface area contributed by atoms with Gasteiger partial charge < -0.3 is 15.2 Å². The molecule has 2 N–H and O–H groups in total. The van der Waals surface area contributed by atoms with Gasteiger partial charge in [-0.05, 0) is 42.8 Å². The summed E-state index contributed by atoms with van der Waals surface area (Å²) >= 11 is 5.95. The molecule has 3 rings (SSSR count). The molecule has 0 saturated heterocycles. The van der Waals surface area contributed by atoms with Crippen LogP contribution in [0, 0.1) is 11.6 Å². The van der Waals surface area contributed by atoms with E-state index in [9.17, 15) is 18.4 Å². The van der Waals surface area contributed by atoms with E-state index in [1.165, 1.54) is 30.5 Å². The number of carboxylic acid groups (broad SMARTS) is 1. The number of pyridine rings is 1. The molecule has 1 unspecified atom stereocenters. The maximum Gasteiger partial charge on any atom is 0.335 e. The van der Waals surface area contributed by atoms with Crippen LogP contribution < -0.4 is 10.1 Å². The summed E-state index contributed by atoms with van der Waals surface area (Å²) in [7, 11) is 0. The second kappa shape index (κ2) is 8.87. The van der Waals surface area contributed by atoms with Crippen molar-refractivity contribution >= 4 is 23.5 Å². The zero-order chi connectivity index (χ0) is 21.8.